The van der Waals surface area contributed by atoms with Crippen LogP contribution in [0.15, 0.2) is 24.5 Å². The zero-order valence-corrected chi connectivity index (χ0v) is 16.4. The lowest BCUT2D eigenvalue weighted by Gasteiger charge is -2.36. The summed E-state index contributed by atoms with van der Waals surface area (Å²) in [6, 6.07) is 4.09. The Kier molecular flexibility index (Phi) is 4.27. The van der Waals surface area contributed by atoms with E-state index in [9.17, 15) is 0 Å². The van der Waals surface area contributed by atoms with Crippen molar-refractivity contribution in [3.63, 3.8) is 0 Å². The molecule has 1 saturated carbocycles. The summed E-state index contributed by atoms with van der Waals surface area (Å²) in [6.07, 6.45) is 10.4. The fourth-order valence-corrected chi connectivity index (χ4v) is 4.62. The van der Waals surface area contributed by atoms with Gasteiger partial charge in [0.15, 0.2) is 17.0 Å². The fraction of sp³-hybridized carbons (Fsp3) is 0.524. The predicted octanol–water partition coefficient (Wildman–Crippen LogP) is 3.45. The maximum Gasteiger partial charge on any atom is 0.183 e. The molecule has 0 unspecified atom stereocenters. The van der Waals surface area contributed by atoms with Gasteiger partial charge in [0.05, 0.1) is 17.1 Å². The molecule has 3 aromatic rings. The zero-order chi connectivity index (χ0) is 19.1. The van der Waals surface area contributed by atoms with E-state index in [1.165, 1.54) is 0 Å². The van der Waals surface area contributed by atoms with Crippen LogP contribution in [0.1, 0.15) is 56.3 Å². The molecule has 1 fully saturated rings. The van der Waals surface area contributed by atoms with Crippen LogP contribution in [-0.4, -0.2) is 38.2 Å². The van der Waals surface area contributed by atoms with Gasteiger partial charge in [-0.15, -0.1) is 0 Å². The minimum Gasteiger partial charge on any atom is -0.330 e. The van der Waals surface area contributed by atoms with Gasteiger partial charge in [-0.2, -0.15) is 5.10 Å². The first-order valence-electron chi connectivity index (χ1n) is 10.3. The third-order valence-corrected chi connectivity index (χ3v) is 6.58. The van der Waals surface area contributed by atoms with E-state index in [2.05, 4.69) is 33.1 Å². The van der Waals surface area contributed by atoms with Crippen LogP contribution in [0.2, 0.25) is 0 Å². The first-order chi connectivity index (χ1) is 13.7. The molecule has 0 radical (unpaired) electrons. The highest BCUT2D eigenvalue weighted by molar-refractivity contribution is 5.86. The summed E-state index contributed by atoms with van der Waals surface area (Å²) in [5, 5.41) is 7.69. The van der Waals surface area contributed by atoms with Crippen molar-refractivity contribution in [2.75, 3.05) is 18.0 Å². The number of aromatic nitrogens is 5. The van der Waals surface area contributed by atoms with Crippen molar-refractivity contribution >= 4 is 22.7 Å². The second-order valence-electron chi connectivity index (χ2n) is 8.55. The third kappa shape index (κ3) is 2.94. The molecule has 0 saturated heterocycles. The second kappa shape index (κ2) is 6.81. The Bertz CT molecular complexity index is 987. The molecular weight excluding hydrogens is 350 g/mol. The van der Waals surface area contributed by atoms with Gasteiger partial charge in [-0.05, 0) is 62.6 Å². The minimum absolute atomic E-state index is 0.283. The molecule has 1 aliphatic heterocycles. The number of nitrogens with zero attached hydrogens (tertiary/aromatic N) is 5. The van der Waals surface area contributed by atoms with E-state index in [1.54, 1.807) is 0 Å². The Balaban J connectivity index is 1.44. The Morgan fingerprint density at radius 1 is 1.29 bits per heavy atom. The van der Waals surface area contributed by atoms with Crippen LogP contribution >= 0.6 is 0 Å². The summed E-state index contributed by atoms with van der Waals surface area (Å²) < 4.78 is 0. The minimum atomic E-state index is 0.283. The summed E-state index contributed by atoms with van der Waals surface area (Å²) in [5.74, 6) is 1.31. The van der Waals surface area contributed by atoms with Crippen molar-refractivity contribution in [2.24, 2.45) is 11.1 Å². The van der Waals surface area contributed by atoms with E-state index in [0.29, 0.717) is 5.92 Å². The Morgan fingerprint density at radius 3 is 2.96 bits per heavy atom. The number of hydrogen-bond acceptors (Lipinski definition) is 6. The number of rotatable bonds is 3. The van der Waals surface area contributed by atoms with Crippen molar-refractivity contribution in [1.29, 1.82) is 0 Å². The monoisotopic (exact) mass is 377 g/mol. The van der Waals surface area contributed by atoms with E-state index < -0.39 is 0 Å². The van der Waals surface area contributed by atoms with Gasteiger partial charge < -0.3 is 10.6 Å². The first kappa shape index (κ1) is 17.6. The topological polar surface area (TPSA) is 96.6 Å². The van der Waals surface area contributed by atoms with Gasteiger partial charge in [0.2, 0.25) is 0 Å². The molecule has 4 heterocycles. The van der Waals surface area contributed by atoms with E-state index >= 15 is 0 Å². The lowest BCUT2D eigenvalue weighted by atomic mass is 9.71. The highest BCUT2D eigenvalue weighted by Crippen LogP contribution is 2.42. The first-order valence-corrected chi connectivity index (χ1v) is 10.3. The molecule has 3 N–H and O–H groups in total. The van der Waals surface area contributed by atoms with Crippen LogP contribution in [0.25, 0.3) is 11.2 Å². The summed E-state index contributed by atoms with van der Waals surface area (Å²) in [7, 11) is 0. The van der Waals surface area contributed by atoms with Gasteiger partial charge in [0.25, 0.3) is 0 Å². The van der Waals surface area contributed by atoms with Gasteiger partial charge >= 0.3 is 0 Å². The lowest BCUT2D eigenvalue weighted by molar-refractivity contribution is 0.206. The fourth-order valence-electron chi connectivity index (χ4n) is 4.62. The van der Waals surface area contributed by atoms with Crippen molar-refractivity contribution in [1.82, 2.24) is 25.1 Å². The SMILES string of the molecule is CC1(CN)CCC(c2cnc3c(N4CCCc5ncccc54)n[nH]c3n2)CC1. The van der Waals surface area contributed by atoms with Gasteiger partial charge in [0.1, 0.15) is 0 Å². The number of anilines is 2. The molecule has 146 valence electrons. The Morgan fingerprint density at radius 2 is 2.14 bits per heavy atom. The molecule has 2 aliphatic rings. The molecule has 5 rings (SSSR count). The number of nitrogens with one attached hydrogen (secondary N) is 1. The molecule has 28 heavy (non-hydrogen) atoms. The number of pyridine rings is 1. The molecule has 7 nitrogen and oxygen atoms in total. The lowest BCUT2D eigenvalue weighted by Crippen LogP contribution is -2.31. The number of fused-ring (bicyclic) bond motifs is 2. The number of H-pyrrole nitrogens is 1. The van der Waals surface area contributed by atoms with Crippen LogP contribution in [0.5, 0.6) is 0 Å². The highest BCUT2D eigenvalue weighted by Gasteiger charge is 2.31. The average molecular weight is 377 g/mol. The van der Waals surface area contributed by atoms with Crippen LogP contribution in [-0.2, 0) is 6.42 Å². The maximum absolute atomic E-state index is 5.95. The largest absolute Gasteiger partial charge is 0.330 e. The second-order valence-corrected chi connectivity index (χ2v) is 8.55. The Labute approximate surface area is 164 Å². The molecule has 7 heteroatoms. The molecular formula is C21H27N7. The number of nitrogens with two attached hydrogens (primary N) is 1. The van der Waals surface area contributed by atoms with Crippen molar-refractivity contribution in [3.8, 4) is 0 Å². The molecule has 1 aliphatic carbocycles. The average Bonchev–Trinajstić information content (AvgIpc) is 3.17. The molecule has 0 aromatic carbocycles. The quantitative estimate of drug-likeness (QED) is 0.726. The van der Waals surface area contributed by atoms with Crippen LogP contribution < -0.4 is 10.6 Å². The smallest absolute Gasteiger partial charge is 0.183 e. The van der Waals surface area contributed by atoms with Gasteiger partial charge in [0, 0.05) is 24.9 Å². The molecule has 0 atom stereocenters. The predicted molar refractivity (Wildman–Crippen MR) is 110 cm³/mol. The van der Waals surface area contributed by atoms with Crippen LogP contribution in [0, 0.1) is 5.41 Å². The summed E-state index contributed by atoms with van der Waals surface area (Å²) in [5.41, 5.74) is 11.2. The zero-order valence-electron chi connectivity index (χ0n) is 16.4. The van der Waals surface area contributed by atoms with E-state index in [0.717, 1.165) is 85.7 Å². The van der Waals surface area contributed by atoms with Crippen molar-refractivity contribution in [3.05, 3.63) is 35.9 Å². The Hall–Kier alpha value is -2.54. The molecule has 0 spiro atoms. The summed E-state index contributed by atoms with van der Waals surface area (Å²) in [4.78, 5) is 16.4. The van der Waals surface area contributed by atoms with Crippen LogP contribution in [0.4, 0.5) is 11.5 Å². The normalized spacial score (nSPS) is 25.1. The van der Waals surface area contributed by atoms with Gasteiger partial charge in [-0.3, -0.25) is 10.1 Å². The highest BCUT2D eigenvalue weighted by atomic mass is 15.3. The summed E-state index contributed by atoms with van der Waals surface area (Å²) in [6.45, 7) is 3.98. The number of hydrogen-bond donors (Lipinski definition) is 2. The van der Waals surface area contributed by atoms with Crippen LogP contribution in [0.3, 0.4) is 0 Å². The number of aryl methyl sites for hydroxylation is 1. The number of aromatic amines is 1. The standard InChI is InChI=1S/C21H27N7/c1-21(13-22)8-6-14(7-9-21)16-12-24-18-19(25-16)26-27-20(18)28-11-3-4-15-17(28)5-2-10-23-15/h2,5,10,12,14H,3-4,6-9,11,13,22H2,1H3,(H,25,26,27). The molecule has 3 aromatic heterocycles. The van der Waals surface area contributed by atoms with Gasteiger partial charge in [-0.1, -0.05) is 6.92 Å². The van der Waals surface area contributed by atoms with Crippen molar-refractivity contribution in [2.45, 2.75) is 51.4 Å². The van der Waals surface area contributed by atoms with E-state index in [-0.39, 0.29) is 5.41 Å². The summed E-state index contributed by atoms with van der Waals surface area (Å²) >= 11 is 0. The maximum atomic E-state index is 5.95. The van der Waals surface area contributed by atoms with E-state index in [4.69, 9.17) is 15.7 Å². The molecule has 0 bridgehead atoms. The molecule has 0 amide bonds. The van der Waals surface area contributed by atoms with Gasteiger partial charge in [-0.25, -0.2) is 9.97 Å². The van der Waals surface area contributed by atoms with Crippen molar-refractivity contribution < 1.29 is 0 Å². The van der Waals surface area contributed by atoms with E-state index in [1.807, 2.05) is 18.5 Å². The third-order valence-electron chi connectivity index (χ3n) is 6.58.